The van der Waals surface area contributed by atoms with Gasteiger partial charge in [0.25, 0.3) is 0 Å². The van der Waals surface area contributed by atoms with Crippen LogP contribution < -0.4 is 5.32 Å². The number of allylic oxidation sites excluding steroid dienone is 7. The molecule has 0 radical (unpaired) electrons. The summed E-state index contributed by atoms with van der Waals surface area (Å²) in [6.45, 7) is 31.6. The molecule has 0 saturated carbocycles. The summed E-state index contributed by atoms with van der Waals surface area (Å²) in [7, 11) is 2.05. The lowest BCUT2D eigenvalue weighted by atomic mass is 9.60. The Morgan fingerprint density at radius 2 is 1.39 bits per heavy atom. The highest BCUT2D eigenvalue weighted by Gasteiger charge is 2.42. The van der Waals surface area contributed by atoms with Crippen molar-refractivity contribution in [2.45, 2.75) is 57.8 Å². The molecule has 0 fully saturated rings. The Bertz CT molecular complexity index is 2260. The van der Waals surface area contributed by atoms with E-state index in [2.05, 4.69) is 182 Å². The van der Waals surface area contributed by atoms with Crippen LogP contribution in [0.2, 0.25) is 0 Å². The minimum atomic E-state index is -0.427. The van der Waals surface area contributed by atoms with Gasteiger partial charge in [0.1, 0.15) is 0 Å². The van der Waals surface area contributed by atoms with Gasteiger partial charge < -0.3 is 5.32 Å². The minimum Gasteiger partial charge on any atom is -0.388 e. The van der Waals surface area contributed by atoms with Crippen molar-refractivity contribution in [3.05, 3.63) is 192 Å². The Labute approximate surface area is 306 Å². The molecule has 0 heterocycles. The van der Waals surface area contributed by atoms with Crippen LogP contribution in [0.4, 0.5) is 5.69 Å². The number of anilines is 1. The molecule has 2 bridgehead atoms. The molecular formula is C50H51N. The first kappa shape index (κ1) is 35.4. The fourth-order valence-corrected chi connectivity index (χ4v) is 7.81. The molecule has 1 N–H and O–H groups in total. The van der Waals surface area contributed by atoms with Gasteiger partial charge >= 0.3 is 0 Å². The second-order valence-corrected chi connectivity index (χ2v) is 15.4. The molecule has 0 amide bonds. The summed E-state index contributed by atoms with van der Waals surface area (Å²) in [5, 5.41) is 6.10. The molecule has 0 aromatic heterocycles. The quantitative estimate of drug-likeness (QED) is 0.155. The molecule has 256 valence electrons. The zero-order chi connectivity index (χ0) is 36.7. The second kappa shape index (κ2) is 13.4. The Hall–Kier alpha value is -5.40. The predicted octanol–water partition coefficient (Wildman–Crippen LogP) is 13.5. The molecule has 5 aromatic carbocycles. The van der Waals surface area contributed by atoms with E-state index in [1.807, 2.05) is 19.2 Å². The number of rotatable bonds is 9. The molecule has 0 saturated heterocycles. The van der Waals surface area contributed by atoms with E-state index < -0.39 is 16.2 Å². The maximum absolute atomic E-state index is 4.95. The van der Waals surface area contributed by atoms with E-state index in [-0.39, 0.29) is 0 Å². The maximum Gasteiger partial charge on any atom is 0.0421 e. The van der Waals surface area contributed by atoms with Gasteiger partial charge in [0, 0.05) is 29.0 Å². The summed E-state index contributed by atoms with van der Waals surface area (Å²) >= 11 is 0. The van der Waals surface area contributed by atoms with Crippen molar-refractivity contribution < 1.29 is 0 Å². The fraction of sp³-hybridized carbons (Fsp3) is 0.200. The van der Waals surface area contributed by atoms with Crippen LogP contribution in [0.5, 0.6) is 0 Å². The lowest BCUT2D eigenvalue weighted by molar-refractivity contribution is 0.596. The van der Waals surface area contributed by atoms with Crippen LogP contribution in [0.3, 0.4) is 0 Å². The lowest BCUT2D eigenvalue weighted by Gasteiger charge is -2.44. The molecule has 5 aromatic rings. The molecular weight excluding hydrogens is 615 g/mol. The largest absolute Gasteiger partial charge is 0.388 e. The van der Waals surface area contributed by atoms with E-state index in [0.717, 1.165) is 28.0 Å². The summed E-state index contributed by atoms with van der Waals surface area (Å²) in [4.78, 5) is 0. The van der Waals surface area contributed by atoms with Gasteiger partial charge in [-0.25, -0.2) is 0 Å². The van der Waals surface area contributed by atoms with E-state index in [9.17, 15) is 0 Å². The van der Waals surface area contributed by atoms with Crippen molar-refractivity contribution in [3.8, 4) is 11.1 Å². The van der Waals surface area contributed by atoms with Gasteiger partial charge in [-0.1, -0.05) is 171 Å². The Balaban J connectivity index is 1.69. The summed E-state index contributed by atoms with van der Waals surface area (Å²) in [5.41, 5.74) is 13.9. The number of hydrogen-bond donors (Lipinski definition) is 1. The molecule has 0 atom stereocenters. The molecule has 0 aliphatic heterocycles. The molecule has 1 aliphatic rings. The third-order valence-electron chi connectivity index (χ3n) is 11.3. The topological polar surface area (TPSA) is 12.0 Å². The third kappa shape index (κ3) is 6.06. The molecule has 6 rings (SSSR count). The standard InChI is InChI=1S/C50H51N/c1-12-20-35(27-28-38-25-19-24-37-23-17-18-26-41(37)38)39-29-42(48(5,6)33(3)13-2)46-34(4)49(7,8)44-31-40(36-21-15-14-16-22-36)32-45(47(44)51-11)50(9,10)43(46)30-39/h12-32,51H,1-4H2,5-11H3/b28-27-,35-20+. The van der Waals surface area contributed by atoms with Crippen molar-refractivity contribution >= 4 is 33.7 Å². The SMILES string of the molecule is C=C/C=C(\C=C/c1cccc2ccccc12)c1cc(C(C)(C)C(=C)C=C)c2c(c1)C(C)(C)c1cc(-c3ccccc3)cc(c1NC)C(C)(C)C2=C. The normalized spacial score (nSPS) is 15.2. The van der Waals surface area contributed by atoms with Crippen LogP contribution in [0.1, 0.15) is 80.5 Å². The van der Waals surface area contributed by atoms with Gasteiger partial charge in [-0.15, -0.1) is 0 Å². The highest BCUT2D eigenvalue weighted by Crippen LogP contribution is 2.55. The van der Waals surface area contributed by atoms with Gasteiger partial charge in [-0.3, -0.25) is 0 Å². The van der Waals surface area contributed by atoms with Crippen LogP contribution >= 0.6 is 0 Å². The Morgan fingerprint density at radius 1 is 0.745 bits per heavy atom. The summed E-state index contributed by atoms with van der Waals surface area (Å²) in [6.07, 6.45) is 10.4. The van der Waals surface area contributed by atoms with E-state index in [1.165, 1.54) is 55.3 Å². The van der Waals surface area contributed by atoms with E-state index in [0.29, 0.717) is 0 Å². The van der Waals surface area contributed by atoms with Crippen LogP contribution in [-0.2, 0) is 16.2 Å². The van der Waals surface area contributed by atoms with Crippen LogP contribution in [0.25, 0.3) is 39.1 Å². The zero-order valence-corrected chi connectivity index (χ0v) is 31.5. The average molecular weight is 666 g/mol. The molecule has 1 heteroatoms. The van der Waals surface area contributed by atoms with Crippen LogP contribution in [0.15, 0.2) is 153 Å². The predicted molar refractivity (Wildman–Crippen MR) is 226 cm³/mol. The average Bonchev–Trinajstić information content (AvgIpc) is 3.14. The zero-order valence-electron chi connectivity index (χ0n) is 31.5. The molecule has 1 nitrogen and oxygen atoms in total. The summed E-state index contributed by atoms with van der Waals surface area (Å²) in [6, 6.07) is 35.2. The first-order valence-corrected chi connectivity index (χ1v) is 17.9. The first-order valence-electron chi connectivity index (χ1n) is 17.9. The summed E-state index contributed by atoms with van der Waals surface area (Å²) < 4.78 is 0. The van der Waals surface area contributed by atoms with Gasteiger partial charge in [0.2, 0.25) is 0 Å². The van der Waals surface area contributed by atoms with Crippen molar-refractivity contribution in [1.82, 2.24) is 0 Å². The number of benzene rings is 5. The van der Waals surface area contributed by atoms with Crippen LogP contribution in [0, 0.1) is 0 Å². The number of fused-ring (bicyclic) bond motifs is 4. The van der Waals surface area contributed by atoms with E-state index in [1.54, 1.807) is 0 Å². The molecule has 51 heavy (non-hydrogen) atoms. The van der Waals surface area contributed by atoms with Gasteiger partial charge in [-0.2, -0.15) is 0 Å². The van der Waals surface area contributed by atoms with Gasteiger partial charge in [0.05, 0.1) is 0 Å². The van der Waals surface area contributed by atoms with E-state index in [4.69, 9.17) is 6.58 Å². The molecule has 1 aliphatic carbocycles. The number of hydrogen-bond acceptors (Lipinski definition) is 1. The maximum atomic E-state index is 4.95. The fourth-order valence-electron chi connectivity index (χ4n) is 7.81. The Morgan fingerprint density at radius 3 is 2.06 bits per heavy atom. The highest BCUT2D eigenvalue weighted by atomic mass is 14.8. The van der Waals surface area contributed by atoms with E-state index >= 15 is 0 Å². The smallest absolute Gasteiger partial charge is 0.0421 e. The lowest BCUT2D eigenvalue weighted by Crippen LogP contribution is -2.33. The highest BCUT2D eigenvalue weighted by molar-refractivity contribution is 5.94. The molecule has 0 unspecified atom stereocenters. The monoisotopic (exact) mass is 665 g/mol. The van der Waals surface area contributed by atoms with Crippen molar-refractivity contribution in [2.75, 3.05) is 12.4 Å². The molecule has 0 spiro atoms. The summed E-state index contributed by atoms with van der Waals surface area (Å²) in [5.74, 6) is 0. The third-order valence-corrected chi connectivity index (χ3v) is 11.3. The number of nitrogens with one attached hydrogen (secondary N) is 1. The Kier molecular flexibility index (Phi) is 9.29. The minimum absolute atomic E-state index is 0.404. The first-order chi connectivity index (χ1) is 24.3. The van der Waals surface area contributed by atoms with Gasteiger partial charge in [-0.05, 0) is 102 Å². The second-order valence-electron chi connectivity index (χ2n) is 15.4. The van der Waals surface area contributed by atoms with Crippen LogP contribution in [-0.4, -0.2) is 7.05 Å². The van der Waals surface area contributed by atoms with Crippen molar-refractivity contribution in [1.29, 1.82) is 0 Å². The van der Waals surface area contributed by atoms with Crippen molar-refractivity contribution in [2.24, 2.45) is 0 Å². The van der Waals surface area contributed by atoms with Crippen molar-refractivity contribution in [3.63, 3.8) is 0 Å². The van der Waals surface area contributed by atoms with Gasteiger partial charge in [0.15, 0.2) is 0 Å².